The SMILES string of the molecule is COc1ccc(CN(C(=O)COC(=O)c2c(C)nn(Cc3ccccc3)c2C)C2CC2)cc1. The van der Waals surface area contributed by atoms with E-state index in [1.165, 1.54) is 0 Å². The van der Waals surface area contributed by atoms with Gasteiger partial charge in [0.15, 0.2) is 6.61 Å². The number of hydrogen-bond acceptors (Lipinski definition) is 5. The first kappa shape index (κ1) is 22.6. The Kier molecular flexibility index (Phi) is 6.77. The van der Waals surface area contributed by atoms with Gasteiger partial charge < -0.3 is 14.4 Å². The zero-order valence-corrected chi connectivity index (χ0v) is 19.3. The maximum absolute atomic E-state index is 12.9. The van der Waals surface area contributed by atoms with E-state index in [2.05, 4.69) is 5.10 Å². The number of amides is 1. The van der Waals surface area contributed by atoms with Crippen molar-refractivity contribution in [1.82, 2.24) is 14.7 Å². The monoisotopic (exact) mass is 447 g/mol. The Bertz CT molecular complexity index is 1120. The zero-order chi connectivity index (χ0) is 23.4. The van der Waals surface area contributed by atoms with Gasteiger partial charge in [0, 0.05) is 12.6 Å². The molecule has 0 saturated heterocycles. The minimum Gasteiger partial charge on any atom is -0.497 e. The topological polar surface area (TPSA) is 73.7 Å². The van der Waals surface area contributed by atoms with Gasteiger partial charge in [-0.25, -0.2) is 4.79 Å². The lowest BCUT2D eigenvalue weighted by molar-refractivity contribution is -0.135. The number of esters is 1. The quantitative estimate of drug-likeness (QED) is 0.465. The van der Waals surface area contributed by atoms with Crippen molar-refractivity contribution in [2.24, 2.45) is 0 Å². The maximum atomic E-state index is 12.9. The summed E-state index contributed by atoms with van der Waals surface area (Å²) in [6.07, 6.45) is 1.95. The Morgan fingerprint density at radius 1 is 1.03 bits per heavy atom. The Morgan fingerprint density at radius 3 is 2.36 bits per heavy atom. The third-order valence-electron chi connectivity index (χ3n) is 5.91. The molecule has 7 heteroatoms. The van der Waals surface area contributed by atoms with Gasteiger partial charge in [0.05, 0.1) is 25.0 Å². The second-order valence-corrected chi connectivity index (χ2v) is 8.37. The van der Waals surface area contributed by atoms with Gasteiger partial charge in [-0.15, -0.1) is 0 Å². The van der Waals surface area contributed by atoms with E-state index >= 15 is 0 Å². The highest BCUT2D eigenvalue weighted by atomic mass is 16.5. The smallest absolute Gasteiger partial charge is 0.342 e. The summed E-state index contributed by atoms with van der Waals surface area (Å²) in [6, 6.07) is 17.8. The molecule has 1 aliphatic rings. The van der Waals surface area contributed by atoms with E-state index in [1.54, 1.807) is 23.6 Å². The van der Waals surface area contributed by atoms with Crippen molar-refractivity contribution in [3.05, 3.63) is 82.7 Å². The van der Waals surface area contributed by atoms with Gasteiger partial charge in [-0.2, -0.15) is 5.10 Å². The lowest BCUT2D eigenvalue weighted by Crippen LogP contribution is -2.36. The van der Waals surface area contributed by atoms with Crippen molar-refractivity contribution < 1.29 is 19.1 Å². The average molecular weight is 448 g/mol. The fraction of sp³-hybridized carbons (Fsp3) is 0.346. The molecule has 1 saturated carbocycles. The summed E-state index contributed by atoms with van der Waals surface area (Å²) < 4.78 is 12.4. The summed E-state index contributed by atoms with van der Waals surface area (Å²) >= 11 is 0. The first-order valence-corrected chi connectivity index (χ1v) is 11.1. The van der Waals surface area contributed by atoms with E-state index in [1.807, 2.05) is 61.5 Å². The van der Waals surface area contributed by atoms with Crippen molar-refractivity contribution in [3.63, 3.8) is 0 Å². The number of carbonyl (C=O) groups is 2. The number of methoxy groups -OCH3 is 1. The molecule has 1 aromatic heterocycles. The van der Waals surface area contributed by atoms with Gasteiger partial charge in [0.1, 0.15) is 11.3 Å². The van der Waals surface area contributed by atoms with Crippen molar-refractivity contribution in [1.29, 1.82) is 0 Å². The molecule has 2 aromatic carbocycles. The van der Waals surface area contributed by atoms with E-state index in [0.717, 1.165) is 35.4 Å². The zero-order valence-electron chi connectivity index (χ0n) is 19.3. The number of hydrogen-bond donors (Lipinski definition) is 0. The molecule has 172 valence electrons. The summed E-state index contributed by atoms with van der Waals surface area (Å²) in [5.74, 6) is 0.0713. The molecular weight excluding hydrogens is 418 g/mol. The largest absolute Gasteiger partial charge is 0.497 e. The highest BCUT2D eigenvalue weighted by Gasteiger charge is 2.33. The molecule has 1 fully saturated rings. The summed E-state index contributed by atoms with van der Waals surface area (Å²) in [4.78, 5) is 27.5. The van der Waals surface area contributed by atoms with Crippen LogP contribution in [0.1, 0.15) is 45.7 Å². The molecule has 0 radical (unpaired) electrons. The van der Waals surface area contributed by atoms with Crippen molar-refractivity contribution in [3.8, 4) is 5.75 Å². The Labute approximate surface area is 193 Å². The summed E-state index contributed by atoms with van der Waals surface area (Å²) in [7, 11) is 1.62. The van der Waals surface area contributed by atoms with Crippen LogP contribution in [0.3, 0.4) is 0 Å². The molecule has 0 atom stereocenters. The van der Waals surface area contributed by atoms with Gasteiger partial charge in [-0.05, 0) is 49.9 Å². The average Bonchev–Trinajstić information content (AvgIpc) is 3.62. The molecule has 7 nitrogen and oxygen atoms in total. The van der Waals surface area contributed by atoms with Gasteiger partial charge >= 0.3 is 5.97 Å². The number of ether oxygens (including phenoxy) is 2. The molecule has 3 aromatic rings. The number of benzene rings is 2. The van der Waals surface area contributed by atoms with Crippen molar-refractivity contribution in [2.45, 2.75) is 45.8 Å². The van der Waals surface area contributed by atoms with Gasteiger partial charge in [0.25, 0.3) is 5.91 Å². The first-order valence-electron chi connectivity index (χ1n) is 11.1. The standard InChI is InChI=1S/C26H29N3O4/c1-18-25(19(2)29(27-18)16-20-7-5-4-6-8-20)26(31)33-17-24(30)28(22-11-12-22)15-21-9-13-23(32-3)14-10-21/h4-10,13-14,22H,11-12,15-17H2,1-3H3. The minimum atomic E-state index is -0.516. The lowest BCUT2D eigenvalue weighted by Gasteiger charge is -2.22. The first-order chi connectivity index (χ1) is 16.0. The second kappa shape index (κ2) is 9.90. The third-order valence-corrected chi connectivity index (χ3v) is 5.91. The lowest BCUT2D eigenvalue weighted by atomic mass is 10.2. The van der Waals surface area contributed by atoms with Crippen LogP contribution in [0.4, 0.5) is 0 Å². The fourth-order valence-corrected chi connectivity index (χ4v) is 3.92. The van der Waals surface area contributed by atoms with Crippen molar-refractivity contribution >= 4 is 11.9 Å². The molecule has 1 heterocycles. The number of nitrogens with zero attached hydrogens (tertiary/aromatic N) is 3. The molecule has 1 aliphatic carbocycles. The van der Waals surface area contributed by atoms with E-state index in [4.69, 9.17) is 9.47 Å². The highest BCUT2D eigenvalue weighted by molar-refractivity contribution is 5.93. The second-order valence-electron chi connectivity index (χ2n) is 8.37. The van der Waals surface area contributed by atoms with E-state index in [9.17, 15) is 9.59 Å². The molecule has 0 unspecified atom stereocenters. The molecule has 0 aliphatic heterocycles. The molecule has 0 spiro atoms. The molecule has 33 heavy (non-hydrogen) atoms. The number of rotatable bonds is 9. The van der Waals surface area contributed by atoms with Crippen LogP contribution in [0.5, 0.6) is 5.75 Å². The van der Waals surface area contributed by atoms with Crippen LogP contribution in [-0.4, -0.2) is 46.3 Å². The van der Waals surface area contributed by atoms with Gasteiger partial charge in [-0.1, -0.05) is 42.5 Å². The number of carbonyl (C=O) groups excluding carboxylic acids is 2. The minimum absolute atomic E-state index is 0.186. The van der Waals surface area contributed by atoms with Crippen molar-refractivity contribution in [2.75, 3.05) is 13.7 Å². The predicted molar refractivity (Wildman–Crippen MR) is 124 cm³/mol. The Balaban J connectivity index is 1.39. The summed E-state index contributed by atoms with van der Waals surface area (Å²) in [5, 5.41) is 4.51. The summed E-state index contributed by atoms with van der Waals surface area (Å²) in [6.45, 7) is 4.40. The maximum Gasteiger partial charge on any atom is 0.342 e. The predicted octanol–water partition coefficient (Wildman–Crippen LogP) is 3.90. The van der Waals surface area contributed by atoms with Crippen LogP contribution < -0.4 is 4.74 Å². The van der Waals surface area contributed by atoms with Crippen LogP contribution in [-0.2, 0) is 22.6 Å². The van der Waals surface area contributed by atoms with Crippen LogP contribution >= 0.6 is 0 Å². The van der Waals surface area contributed by atoms with Gasteiger partial charge in [0.2, 0.25) is 0 Å². The Hall–Kier alpha value is -3.61. The Morgan fingerprint density at radius 2 is 1.73 bits per heavy atom. The molecular formula is C26H29N3O4. The number of aromatic nitrogens is 2. The molecule has 0 N–H and O–H groups in total. The fourth-order valence-electron chi connectivity index (χ4n) is 3.92. The number of aryl methyl sites for hydroxylation is 1. The normalized spacial score (nSPS) is 12.9. The van der Waals surface area contributed by atoms with Gasteiger partial charge in [-0.3, -0.25) is 9.48 Å². The molecule has 0 bridgehead atoms. The van der Waals surface area contributed by atoms with Crippen LogP contribution in [0.15, 0.2) is 54.6 Å². The van der Waals surface area contributed by atoms with E-state index < -0.39 is 5.97 Å². The molecule has 4 rings (SSSR count). The third kappa shape index (κ3) is 5.42. The highest BCUT2D eigenvalue weighted by Crippen LogP contribution is 2.29. The van der Waals surface area contributed by atoms with Crippen LogP contribution in [0, 0.1) is 13.8 Å². The van der Waals surface area contributed by atoms with E-state index in [-0.39, 0.29) is 18.6 Å². The van der Waals surface area contributed by atoms with Crippen LogP contribution in [0.25, 0.3) is 0 Å². The van der Waals surface area contributed by atoms with E-state index in [0.29, 0.717) is 24.3 Å². The molecule has 1 amide bonds. The summed E-state index contributed by atoms with van der Waals surface area (Å²) in [5.41, 5.74) is 3.85. The van der Waals surface area contributed by atoms with Crippen LogP contribution in [0.2, 0.25) is 0 Å².